The second-order valence-corrected chi connectivity index (χ2v) is 21.3. The molecule has 0 aromatic rings. The molecule has 0 saturated carbocycles. The van der Waals surface area contributed by atoms with Gasteiger partial charge in [0.25, 0.3) is 0 Å². The van der Waals surface area contributed by atoms with E-state index < -0.39 is 6.10 Å². The van der Waals surface area contributed by atoms with Crippen molar-refractivity contribution < 1.29 is 28.6 Å². The van der Waals surface area contributed by atoms with Gasteiger partial charge in [0, 0.05) is 19.3 Å². The summed E-state index contributed by atoms with van der Waals surface area (Å²) >= 11 is 0. The number of unbranched alkanes of at least 4 members (excludes halogenated alkanes) is 39. The molecule has 1 atom stereocenters. The average molecular weight is 1010 g/mol. The zero-order chi connectivity index (χ0) is 52.2. The predicted octanol–water partition coefficient (Wildman–Crippen LogP) is 21.4. The van der Waals surface area contributed by atoms with E-state index in [9.17, 15) is 14.4 Å². The van der Waals surface area contributed by atoms with E-state index in [-0.39, 0.29) is 31.1 Å². The van der Waals surface area contributed by atoms with Crippen molar-refractivity contribution in [2.75, 3.05) is 13.2 Å². The molecular weight excluding hydrogens is 889 g/mol. The molecule has 0 saturated heterocycles. The number of ether oxygens (including phenoxy) is 3. The maximum absolute atomic E-state index is 12.9. The molecule has 0 aliphatic carbocycles. The largest absolute Gasteiger partial charge is 0.462 e. The molecule has 0 radical (unpaired) electrons. The van der Waals surface area contributed by atoms with E-state index in [1.165, 1.54) is 212 Å². The molecule has 0 aliphatic rings. The van der Waals surface area contributed by atoms with Crippen LogP contribution < -0.4 is 0 Å². The topological polar surface area (TPSA) is 78.9 Å². The number of allylic oxidation sites excluding steroid dienone is 8. The first-order chi connectivity index (χ1) is 35.5. The van der Waals surface area contributed by atoms with Gasteiger partial charge in [-0.3, -0.25) is 14.4 Å². The second-order valence-electron chi connectivity index (χ2n) is 21.3. The summed E-state index contributed by atoms with van der Waals surface area (Å²) in [6, 6.07) is 0. The van der Waals surface area contributed by atoms with Gasteiger partial charge in [0.2, 0.25) is 0 Å². The van der Waals surface area contributed by atoms with Gasteiger partial charge in [-0.2, -0.15) is 0 Å². The van der Waals surface area contributed by atoms with Crippen LogP contribution in [0.3, 0.4) is 0 Å². The number of esters is 3. The summed E-state index contributed by atoms with van der Waals surface area (Å²) in [4.78, 5) is 38.3. The Morgan fingerprint density at radius 2 is 0.500 bits per heavy atom. The smallest absolute Gasteiger partial charge is 0.306 e. The van der Waals surface area contributed by atoms with Gasteiger partial charge >= 0.3 is 17.9 Å². The molecule has 1 unspecified atom stereocenters. The lowest BCUT2D eigenvalue weighted by atomic mass is 10.0. The van der Waals surface area contributed by atoms with Crippen LogP contribution in [0.2, 0.25) is 0 Å². The first-order valence-corrected chi connectivity index (χ1v) is 31.6. The number of hydrogen-bond acceptors (Lipinski definition) is 6. The Kier molecular flexibility index (Phi) is 58.7. The highest BCUT2D eigenvalue weighted by atomic mass is 16.6. The fourth-order valence-electron chi connectivity index (χ4n) is 9.27. The Morgan fingerprint density at radius 1 is 0.278 bits per heavy atom. The highest BCUT2D eigenvalue weighted by Crippen LogP contribution is 2.17. The Labute approximate surface area is 448 Å². The molecule has 6 nitrogen and oxygen atoms in total. The molecule has 0 spiro atoms. The third-order valence-electron chi connectivity index (χ3n) is 14.1. The van der Waals surface area contributed by atoms with Crippen LogP contribution >= 0.6 is 0 Å². The van der Waals surface area contributed by atoms with Gasteiger partial charge in [0.1, 0.15) is 13.2 Å². The Bertz CT molecular complexity index is 1250. The molecular formula is C66H120O6. The molecule has 0 aliphatic heterocycles. The minimum absolute atomic E-state index is 0.0763. The first kappa shape index (κ1) is 69.4. The lowest BCUT2D eigenvalue weighted by Crippen LogP contribution is -2.30. The Morgan fingerprint density at radius 3 is 0.792 bits per heavy atom. The molecule has 0 fully saturated rings. The van der Waals surface area contributed by atoms with Crippen molar-refractivity contribution >= 4 is 17.9 Å². The summed E-state index contributed by atoms with van der Waals surface area (Å²) in [5.74, 6) is -0.871. The van der Waals surface area contributed by atoms with Gasteiger partial charge in [-0.1, -0.05) is 281 Å². The van der Waals surface area contributed by atoms with Crippen LogP contribution in [0.25, 0.3) is 0 Å². The standard InChI is InChI=1S/C66H120O6/c1-4-7-10-13-16-19-22-25-28-30-31-32-33-34-35-36-39-41-44-47-50-53-56-59-65(68)71-62-63(61-70-64(67)58-55-52-49-46-43-40-37-27-24-21-18-15-12-9-6-3)72-66(69)60-57-54-51-48-45-42-38-29-26-23-20-17-14-11-8-5-2/h22,25,27,30-31,33-34,37,63H,4-21,23-24,26,28-29,32,35-36,38-62H2,1-3H3/b25-22-,31-30-,34-33-,37-27-. The molecule has 0 heterocycles. The molecule has 72 heavy (non-hydrogen) atoms. The van der Waals surface area contributed by atoms with Gasteiger partial charge < -0.3 is 14.2 Å². The van der Waals surface area contributed by atoms with Crippen LogP contribution in [-0.2, 0) is 28.6 Å². The van der Waals surface area contributed by atoms with Crippen LogP contribution in [0.15, 0.2) is 48.6 Å². The summed E-state index contributed by atoms with van der Waals surface area (Å²) in [5, 5.41) is 0. The Hall–Kier alpha value is -2.63. The third-order valence-corrected chi connectivity index (χ3v) is 14.1. The van der Waals surface area contributed by atoms with Crippen LogP contribution in [0.1, 0.15) is 335 Å². The lowest BCUT2D eigenvalue weighted by Gasteiger charge is -2.18. The van der Waals surface area contributed by atoms with Crippen molar-refractivity contribution in [3.8, 4) is 0 Å². The molecule has 0 N–H and O–H groups in total. The van der Waals surface area contributed by atoms with Gasteiger partial charge in [-0.25, -0.2) is 0 Å². The fraction of sp³-hybridized carbons (Fsp3) is 0.833. The van der Waals surface area contributed by atoms with Crippen LogP contribution in [0.5, 0.6) is 0 Å². The molecule has 0 aromatic carbocycles. The summed E-state index contributed by atoms with van der Waals surface area (Å²) < 4.78 is 16.9. The highest BCUT2D eigenvalue weighted by molar-refractivity contribution is 5.71. The van der Waals surface area contributed by atoms with E-state index in [4.69, 9.17) is 14.2 Å². The van der Waals surface area contributed by atoms with Gasteiger partial charge in [-0.05, 0) is 83.5 Å². The number of carbonyl (C=O) groups is 3. The average Bonchev–Trinajstić information content (AvgIpc) is 3.38. The normalized spacial score (nSPS) is 12.3. The van der Waals surface area contributed by atoms with E-state index >= 15 is 0 Å². The molecule has 6 heteroatoms. The van der Waals surface area contributed by atoms with Gasteiger partial charge in [-0.15, -0.1) is 0 Å². The molecule has 0 amide bonds. The van der Waals surface area contributed by atoms with E-state index in [0.29, 0.717) is 19.3 Å². The number of carbonyl (C=O) groups excluding carboxylic acids is 3. The van der Waals surface area contributed by atoms with Crippen molar-refractivity contribution in [3.05, 3.63) is 48.6 Å². The maximum atomic E-state index is 12.9. The van der Waals surface area contributed by atoms with Gasteiger partial charge in [0.15, 0.2) is 6.10 Å². The third kappa shape index (κ3) is 58.3. The van der Waals surface area contributed by atoms with Crippen LogP contribution in [0.4, 0.5) is 0 Å². The van der Waals surface area contributed by atoms with E-state index in [2.05, 4.69) is 69.4 Å². The number of hydrogen-bond donors (Lipinski definition) is 0. The molecule has 0 rings (SSSR count). The Balaban J connectivity index is 4.33. The lowest BCUT2D eigenvalue weighted by molar-refractivity contribution is -0.167. The number of rotatable bonds is 58. The molecule has 420 valence electrons. The summed E-state index contributed by atoms with van der Waals surface area (Å²) in [7, 11) is 0. The van der Waals surface area contributed by atoms with E-state index in [1.807, 2.05) is 0 Å². The van der Waals surface area contributed by atoms with Crippen molar-refractivity contribution in [1.82, 2.24) is 0 Å². The zero-order valence-corrected chi connectivity index (χ0v) is 48.2. The monoisotopic (exact) mass is 1010 g/mol. The SMILES string of the molecule is CCCCCCC/C=C\C/C=C\C/C=C\CCCCCCCCCCC(=O)OCC(COC(=O)CCCCCCC/C=C\CCCCCCCC)OC(=O)CCCCCCCCCCCCCCCCCC. The predicted molar refractivity (Wildman–Crippen MR) is 312 cm³/mol. The van der Waals surface area contributed by atoms with E-state index in [1.54, 1.807) is 0 Å². The van der Waals surface area contributed by atoms with Crippen molar-refractivity contribution in [2.24, 2.45) is 0 Å². The first-order valence-electron chi connectivity index (χ1n) is 31.6. The second kappa shape index (κ2) is 60.9. The summed E-state index contributed by atoms with van der Waals surface area (Å²) in [6.45, 7) is 6.66. The maximum Gasteiger partial charge on any atom is 0.306 e. The quantitative estimate of drug-likeness (QED) is 0.0261. The fourth-order valence-corrected chi connectivity index (χ4v) is 9.27. The molecule has 0 bridgehead atoms. The van der Waals surface area contributed by atoms with E-state index in [0.717, 1.165) is 83.5 Å². The van der Waals surface area contributed by atoms with Crippen LogP contribution in [0, 0.1) is 0 Å². The van der Waals surface area contributed by atoms with Crippen molar-refractivity contribution in [1.29, 1.82) is 0 Å². The van der Waals surface area contributed by atoms with Crippen LogP contribution in [-0.4, -0.2) is 37.2 Å². The zero-order valence-electron chi connectivity index (χ0n) is 48.2. The minimum atomic E-state index is -0.778. The van der Waals surface area contributed by atoms with Crippen molar-refractivity contribution in [2.45, 2.75) is 341 Å². The minimum Gasteiger partial charge on any atom is -0.462 e. The van der Waals surface area contributed by atoms with Crippen molar-refractivity contribution in [3.63, 3.8) is 0 Å². The summed E-state index contributed by atoms with van der Waals surface area (Å²) in [6.07, 6.45) is 75.3. The summed E-state index contributed by atoms with van der Waals surface area (Å²) in [5.41, 5.74) is 0. The van der Waals surface area contributed by atoms with Gasteiger partial charge in [0.05, 0.1) is 0 Å². The highest BCUT2D eigenvalue weighted by Gasteiger charge is 2.19. The molecule has 0 aromatic heterocycles.